The van der Waals surface area contributed by atoms with Crippen molar-refractivity contribution >= 4 is 125 Å². The molecule has 14 heterocycles. The summed E-state index contributed by atoms with van der Waals surface area (Å²) in [5.74, 6) is -1.37. The zero-order chi connectivity index (χ0) is 81.9. The molecular formula is C85H86Cl6N14O13. The minimum atomic E-state index is -0.929. The Morgan fingerprint density at radius 3 is 1.19 bits per heavy atom. The molecular weight excluding hydrogens is 1640 g/mol. The molecule has 0 unspecified atom stereocenters. The Kier molecular flexibility index (Phi) is 21.0. The molecule has 22 rings (SSSR count). The Hall–Kier alpha value is -7.82. The van der Waals surface area contributed by atoms with Crippen LogP contribution in [-0.2, 0) is 69.1 Å². The Morgan fingerprint density at radius 2 is 0.754 bits per heavy atom. The van der Waals surface area contributed by atoms with Crippen molar-refractivity contribution in [3.63, 3.8) is 0 Å². The second-order valence-corrected chi connectivity index (χ2v) is 35.9. The van der Waals surface area contributed by atoms with Crippen LogP contribution in [-0.4, -0.2) is 145 Å². The summed E-state index contributed by atoms with van der Waals surface area (Å²) >= 11 is 37.1. The SMILES string of the molecule is CC1(C)O[C@@H]2[C@@H]([C@@H]3OCc4cc(Cl)ccc43)C[C@@H](n3ccc4c(Cl)ncnc43)[C@@H]2O1.CC1(C)O[C@@H]2[C@@H]([C@@H]3OCc4cc(Cl)ccc43)C[C@@H](n3ccc4c(N)ncnc43)[C@@H]2O1.CC1(C)O[C@@H]2[C@@H]([C@H](O)c3ccc(Cl)cc3CO)C[C@@H](n3ccc4c(Cl)ncnc43)[C@@H]2O1.Nc1ncnc2c1ccn2[C@@H]1C[C@H]([C@@H]2OCc3cc(Cl)ccc32)[C@@H](O)[C@H]1O. The highest BCUT2D eigenvalue weighted by Gasteiger charge is 2.61. The third kappa shape index (κ3) is 14.3. The zero-order valence-electron chi connectivity index (χ0n) is 64.8. The number of aromatic nitrogens is 12. The first-order valence-electron chi connectivity index (χ1n) is 39.4. The average Bonchev–Trinajstić information content (AvgIpc) is 1.58. The molecule has 20 atom stereocenters. The van der Waals surface area contributed by atoms with Gasteiger partial charge in [-0.3, -0.25) is 0 Å². The van der Waals surface area contributed by atoms with Gasteiger partial charge in [-0.05, 0) is 185 Å². The van der Waals surface area contributed by atoms with E-state index in [0.717, 1.165) is 83.6 Å². The van der Waals surface area contributed by atoms with Crippen molar-refractivity contribution in [2.75, 3.05) is 11.5 Å². The van der Waals surface area contributed by atoms with Gasteiger partial charge >= 0.3 is 0 Å². The number of hydrogen-bond donors (Lipinski definition) is 6. The van der Waals surface area contributed by atoms with Crippen LogP contribution in [0.25, 0.3) is 44.1 Å². The van der Waals surface area contributed by atoms with Gasteiger partial charge in [-0.25, -0.2) is 39.9 Å². The number of hydrogen-bond acceptors (Lipinski definition) is 23. The van der Waals surface area contributed by atoms with Crippen molar-refractivity contribution in [1.29, 1.82) is 0 Å². The summed E-state index contributed by atoms with van der Waals surface area (Å²) in [5.41, 5.74) is 23.0. The topological polar surface area (TPSA) is 339 Å². The van der Waals surface area contributed by atoms with E-state index in [1.807, 2.05) is 142 Å². The Morgan fingerprint density at radius 1 is 0.407 bits per heavy atom. The number of rotatable bonds is 10. The summed E-state index contributed by atoms with van der Waals surface area (Å²) in [4.78, 5) is 34.0. The van der Waals surface area contributed by atoms with Gasteiger partial charge in [0.05, 0.1) is 121 Å². The fourth-order valence-electron chi connectivity index (χ4n) is 20.3. The van der Waals surface area contributed by atoms with Gasteiger partial charge in [0.2, 0.25) is 0 Å². The molecule has 4 aromatic carbocycles. The number of nitrogen functional groups attached to an aromatic ring is 2. The van der Waals surface area contributed by atoms with E-state index in [1.54, 1.807) is 18.2 Å². The number of fused-ring (bicyclic) bond motifs is 10. The summed E-state index contributed by atoms with van der Waals surface area (Å²) in [6, 6.07) is 30.2. The van der Waals surface area contributed by atoms with Crippen LogP contribution in [0.1, 0.15) is 160 Å². The first kappa shape index (κ1) is 79.9. The van der Waals surface area contributed by atoms with E-state index in [9.17, 15) is 20.4 Å². The molecule has 4 saturated carbocycles. The molecule has 0 spiro atoms. The van der Waals surface area contributed by atoms with Crippen LogP contribution in [0.5, 0.6) is 0 Å². The summed E-state index contributed by atoms with van der Waals surface area (Å²) < 4.78 is 64.8. The quantitative estimate of drug-likeness (QED) is 0.0693. The molecule has 8 aromatic heterocycles. The van der Waals surface area contributed by atoms with Crippen molar-refractivity contribution in [3.05, 3.63) is 222 Å². The minimum absolute atomic E-state index is 0.0474. The van der Waals surface area contributed by atoms with Crippen molar-refractivity contribution in [2.45, 2.75) is 208 Å². The first-order valence-corrected chi connectivity index (χ1v) is 41.7. The molecule has 0 bridgehead atoms. The monoisotopic (exact) mass is 1720 g/mol. The molecule has 6 aliphatic heterocycles. The smallest absolute Gasteiger partial charge is 0.163 e. The Labute approximate surface area is 707 Å². The molecule has 27 nitrogen and oxygen atoms in total. The highest BCUT2D eigenvalue weighted by molar-refractivity contribution is 6.34. The molecule has 0 radical (unpaired) electrons. The van der Waals surface area contributed by atoms with Crippen molar-refractivity contribution in [1.82, 2.24) is 58.1 Å². The highest BCUT2D eigenvalue weighted by atomic mass is 35.5. The summed E-state index contributed by atoms with van der Waals surface area (Å²) in [7, 11) is 0. The van der Waals surface area contributed by atoms with E-state index < -0.39 is 35.7 Å². The largest absolute Gasteiger partial charge is 0.392 e. The molecule has 3 saturated heterocycles. The molecule has 616 valence electrons. The predicted octanol–water partition coefficient (Wildman–Crippen LogP) is 15.4. The Balaban J connectivity index is 0.000000105. The second kappa shape index (κ2) is 31.0. The molecule has 118 heavy (non-hydrogen) atoms. The van der Waals surface area contributed by atoms with Gasteiger partial charge < -0.3 is 92.8 Å². The van der Waals surface area contributed by atoms with Gasteiger partial charge in [0.25, 0.3) is 0 Å². The van der Waals surface area contributed by atoms with Gasteiger partial charge in [-0.15, -0.1) is 0 Å². The molecule has 8 N–H and O–H groups in total. The van der Waals surface area contributed by atoms with Crippen LogP contribution in [0.2, 0.25) is 30.4 Å². The fourth-order valence-corrected chi connectivity index (χ4v) is 21.4. The van der Waals surface area contributed by atoms with Gasteiger partial charge in [-0.1, -0.05) is 93.9 Å². The normalized spacial score (nSPS) is 30.5. The van der Waals surface area contributed by atoms with Crippen molar-refractivity contribution < 1.29 is 63.1 Å². The van der Waals surface area contributed by atoms with Crippen LogP contribution in [0.3, 0.4) is 0 Å². The van der Waals surface area contributed by atoms with E-state index in [4.69, 9.17) is 124 Å². The standard InChI is InChI=1S/C22H23Cl2N3O4.C22H21Cl2N3O3.C22H23ClN4O3.C19H19ClN4O3/c1-22(2)30-18-15(17(29)13-4-3-12(23)7-11(13)9-28)8-16(19(18)31-22)27-6-5-14-20(24)25-10-26-21(14)27;2*1-22(2)29-18-15(17-13-4-3-12(23)7-11(13)9-28-17)8-16(19(18)30-22)27-6-5-14-20(24)25-10-26-21(14)27;20-10-1-2-11-9(5-10)7-27-17(11)13-6-14(16(26)15(13)25)24-4-3-12-18(21)22-8-23-19(12)24/h3-7,10,15-19,28-29H,8-9H2,1-2H3;3-7,10,15-19H,8-9H2,1-2H3;3-7,10,15-19H,8-9H2,1-2H3,(H2,24,25,26);1-5,8,13-17,25-26H,6-7H2,(H2,21,22,23)/t3*15-,16-,17-,18-,19+;13-,14+,15+,16-,17+/m1110/s1. The lowest BCUT2D eigenvalue weighted by atomic mass is 9.89. The lowest BCUT2D eigenvalue weighted by Gasteiger charge is -2.27. The number of ether oxygens (including phenoxy) is 9. The lowest BCUT2D eigenvalue weighted by Crippen LogP contribution is -2.31. The van der Waals surface area contributed by atoms with Crippen LogP contribution < -0.4 is 11.5 Å². The predicted molar refractivity (Wildman–Crippen MR) is 440 cm³/mol. The van der Waals surface area contributed by atoms with Crippen molar-refractivity contribution in [3.8, 4) is 0 Å². The van der Waals surface area contributed by atoms with E-state index in [1.165, 1.54) is 36.4 Å². The third-order valence-electron chi connectivity index (χ3n) is 25.2. The maximum atomic E-state index is 11.4. The van der Waals surface area contributed by atoms with Crippen LogP contribution in [0, 0.1) is 23.7 Å². The number of nitrogens with two attached hydrogens (primary N) is 2. The van der Waals surface area contributed by atoms with Crippen LogP contribution >= 0.6 is 69.6 Å². The number of anilines is 2. The zero-order valence-corrected chi connectivity index (χ0v) is 69.3. The van der Waals surface area contributed by atoms with Gasteiger partial charge in [0.1, 0.15) is 94.3 Å². The summed E-state index contributed by atoms with van der Waals surface area (Å²) in [5, 5.41) is 49.4. The number of benzene rings is 4. The van der Waals surface area contributed by atoms with Gasteiger partial charge in [-0.2, -0.15) is 0 Å². The summed E-state index contributed by atoms with van der Waals surface area (Å²) in [6.07, 6.45) is 12.5. The van der Waals surface area contributed by atoms with Crippen LogP contribution in [0.4, 0.5) is 11.6 Å². The minimum Gasteiger partial charge on any atom is -0.392 e. The number of aliphatic hydroxyl groups is 4. The van der Waals surface area contributed by atoms with E-state index in [2.05, 4.69) is 61.1 Å². The average molecular weight is 1720 g/mol. The second-order valence-electron chi connectivity index (χ2n) is 33.4. The molecule has 0 amide bonds. The Bertz CT molecular complexity index is 5670. The number of nitrogens with zero attached hydrogens (tertiary/aromatic N) is 12. The van der Waals surface area contributed by atoms with E-state index in [0.29, 0.717) is 81.4 Å². The maximum absolute atomic E-state index is 11.4. The lowest BCUT2D eigenvalue weighted by molar-refractivity contribution is -0.167. The van der Waals surface area contributed by atoms with Crippen LogP contribution in [0.15, 0.2) is 147 Å². The molecule has 10 aliphatic rings. The van der Waals surface area contributed by atoms with Gasteiger partial charge in [0, 0.05) is 68.5 Å². The first-order chi connectivity index (χ1) is 56.6. The molecule has 7 fully saturated rings. The fraction of sp³-hybridized carbons (Fsp3) is 0.435. The maximum Gasteiger partial charge on any atom is 0.163 e. The highest BCUT2D eigenvalue weighted by Crippen LogP contribution is 2.58. The van der Waals surface area contributed by atoms with E-state index in [-0.39, 0.29) is 109 Å². The van der Waals surface area contributed by atoms with Crippen molar-refractivity contribution in [2.24, 2.45) is 23.7 Å². The molecule has 33 heteroatoms. The molecule has 4 aliphatic carbocycles. The van der Waals surface area contributed by atoms with E-state index >= 15 is 0 Å². The molecule has 12 aromatic rings. The number of aliphatic hydroxyl groups excluding tert-OH is 4. The summed E-state index contributed by atoms with van der Waals surface area (Å²) in [6.45, 7) is 13.0. The third-order valence-corrected chi connectivity index (χ3v) is 26.8. The van der Waals surface area contributed by atoms with Gasteiger partial charge in [0.15, 0.2) is 17.4 Å². The number of halogens is 6.